The first-order valence-electron chi connectivity index (χ1n) is 5.61. The van der Waals surface area contributed by atoms with Crippen LogP contribution in [0.15, 0.2) is 53.0 Å². The molecule has 1 N–H and O–H groups in total. The number of rotatable bonds is 2. The molecule has 0 spiro atoms. The summed E-state index contributed by atoms with van der Waals surface area (Å²) in [6.07, 6.45) is 0. The lowest BCUT2D eigenvalue weighted by Gasteiger charge is -2.04. The first-order valence-corrected chi connectivity index (χ1v) is 7.22. The van der Waals surface area contributed by atoms with Crippen LogP contribution in [0.4, 0.5) is 0 Å². The molecule has 3 aromatic rings. The summed E-state index contributed by atoms with van der Waals surface area (Å²) in [5, 5.41) is 8.09. The number of fused-ring (bicyclic) bond motifs is 1. The molecule has 1 heterocycles. The Balaban J connectivity index is 0.00000133. The van der Waals surface area contributed by atoms with Crippen LogP contribution in [0.3, 0.4) is 0 Å². The van der Waals surface area contributed by atoms with Crippen LogP contribution < -0.4 is 4.80 Å². The third kappa shape index (κ3) is 2.99. The van der Waals surface area contributed by atoms with Crippen LogP contribution in [0.1, 0.15) is 5.56 Å². The summed E-state index contributed by atoms with van der Waals surface area (Å²) in [6, 6.07) is 16.4. The van der Waals surface area contributed by atoms with Gasteiger partial charge in [-0.15, -0.1) is 17.0 Å². The second-order valence-corrected chi connectivity index (χ2v) is 6.04. The molecule has 98 valence electrons. The van der Waals surface area contributed by atoms with E-state index in [2.05, 4.69) is 40.2 Å². The zero-order valence-electron chi connectivity index (χ0n) is 9.97. The van der Waals surface area contributed by atoms with Gasteiger partial charge in [-0.05, 0) is 23.8 Å². The van der Waals surface area contributed by atoms with Crippen molar-refractivity contribution in [1.82, 2.24) is 4.57 Å². The number of benzene rings is 2. The Morgan fingerprint density at radius 2 is 1.84 bits per heavy atom. The fraction of sp³-hybridized carbons (Fsp3) is 0.0714. The SMILES string of the molecule is Br.N=c1sc2cc(Br)ccc2n1Cc1ccccc1. The maximum Gasteiger partial charge on any atom is 0.183 e. The van der Waals surface area contributed by atoms with Crippen molar-refractivity contribution in [2.24, 2.45) is 0 Å². The second kappa shape index (κ2) is 6.03. The molecular weight excluding hydrogens is 388 g/mol. The van der Waals surface area contributed by atoms with E-state index in [1.54, 1.807) is 0 Å². The van der Waals surface area contributed by atoms with E-state index in [-0.39, 0.29) is 17.0 Å². The zero-order chi connectivity index (χ0) is 12.5. The van der Waals surface area contributed by atoms with Crippen molar-refractivity contribution in [2.75, 3.05) is 0 Å². The Kier molecular flexibility index (Phi) is 4.60. The molecule has 0 bridgehead atoms. The molecule has 0 aliphatic carbocycles. The van der Waals surface area contributed by atoms with E-state index < -0.39 is 0 Å². The average Bonchev–Trinajstić information content (AvgIpc) is 2.66. The molecule has 0 fully saturated rings. The standard InChI is InChI=1S/C14H11BrN2S.BrH/c15-11-6-7-12-13(8-11)18-14(16)17(12)9-10-4-2-1-3-5-10;/h1-8,16H,9H2;1H. The highest BCUT2D eigenvalue weighted by Gasteiger charge is 2.06. The van der Waals surface area contributed by atoms with Crippen LogP contribution in [0, 0.1) is 5.41 Å². The molecule has 0 aliphatic rings. The van der Waals surface area contributed by atoms with Gasteiger partial charge in [0.15, 0.2) is 4.80 Å². The molecular formula is C14H12Br2N2S. The quantitative estimate of drug-likeness (QED) is 0.653. The van der Waals surface area contributed by atoms with Crippen molar-refractivity contribution in [3.63, 3.8) is 0 Å². The molecule has 1 aromatic heterocycles. The molecule has 0 radical (unpaired) electrons. The molecule has 19 heavy (non-hydrogen) atoms. The van der Waals surface area contributed by atoms with Gasteiger partial charge in [-0.2, -0.15) is 0 Å². The topological polar surface area (TPSA) is 28.8 Å². The van der Waals surface area contributed by atoms with Crippen LogP contribution in [-0.2, 0) is 6.54 Å². The van der Waals surface area contributed by atoms with Crippen molar-refractivity contribution >= 4 is 54.5 Å². The van der Waals surface area contributed by atoms with Gasteiger partial charge >= 0.3 is 0 Å². The van der Waals surface area contributed by atoms with Gasteiger partial charge in [0, 0.05) is 4.47 Å². The minimum Gasteiger partial charge on any atom is -0.312 e. The van der Waals surface area contributed by atoms with E-state index >= 15 is 0 Å². The predicted molar refractivity (Wildman–Crippen MR) is 89.2 cm³/mol. The normalized spacial score (nSPS) is 10.4. The van der Waals surface area contributed by atoms with E-state index in [0.717, 1.165) is 21.2 Å². The lowest BCUT2D eigenvalue weighted by Crippen LogP contribution is -2.13. The fourth-order valence-corrected chi connectivity index (χ4v) is 3.45. The highest BCUT2D eigenvalue weighted by molar-refractivity contribution is 9.10. The van der Waals surface area contributed by atoms with Crippen LogP contribution in [-0.4, -0.2) is 4.57 Å². The molecule has 0 saturated carbocycles. The van der Waals surface area contributed by atoms with Gasteiger partial charge in [0.25, 0.3) is 0 Å². The minimum atomic E-state index is 0. The zero-order valence-corrected chi connectivity index (χ0v) is 14.1. The Hall–Kier alpha value is -0.910. The maximum absolute atomic E-state index is 8.09. The van der Waals surface area contributed by atoms with Gasteiger partial charge in [-0.1, -0.05) is 57.6 Å². The molecule has 0 atom stereocenters. The highest BCUT2D eigenvalue weighted by Crippen LogP contribution is 2.22. The number of nitrogens with zero attached hydrogens (tertiary/aromatic N) is 1. The molecule has 3 rings (SSSR count). The van der Waals surface area contributed by atoms with E-state index in [1.807, 2.05) is 28.8 Å². The Labute approximate surface area is 134 Å². The lowest BCUT2D eigenvalue weighted by molar-refractivity contribution is 0.789. The first kappa shape index (κ1) is 14.5. The smallest absolute Gasteiger partial charge is 0.183 e. The van der Waals surface area contributed by atoms with Crippen LogP contribution in [0.2, 0.25) is 0 Å². The molecule has 2 aromatic carbocycles. The van der Waals surface area contributed by atoms with Crippen molar-refractivity contribution in [3.05, 3.63) is 63.4 Å². The molecule has 0 unspecified atom stereocenters. The summed E-state index contributed by atoms with van der Waals surface area (Å²) in [7, 11) is 0. The predicted octanol–water partition coefficient (Wildman–Crippen LogP) is 4.57. The molecule has 0 aliphatic heterocycles. The van der Waals surface area contributed by atoms with Crippen LogP contribution in [0.25, 0.3) is 10.2 Å². The Bertz CT molecular complexity index is 747. The van der Waals surface area contributed by atoms with Gasteiger partial charge in [-0.3, -0.25) is 5.41 Å². The van der Waals surface area contributed by atoms with Crippen molar-refractivity contribution in [1.29, 1.82) is 5.41 Å². The number of aromatic nitrogens is 1. The first-order chi connectivity index (χ1) is 8.74. The van der Waals surface area contributed by atoms with E-state index in [4.69, 9.17) is 5.41 Å². The molecule has 5 heteroatoms. The van der Waals surface area contributed by atoms with E-state index in [0.29, 0.717) is 4.80 Å². The number of halogens is 2. The Morgan fingerprint density at radius 1 is 1.11 bits per heavy atom. The third-order valence-corrected chi connectivity index (χ3v) is 4.30. The maximum atomic E-state index is 8.09. The van der Waals surface area contributed by atoms with E-state index in [1.165, 1.54) is 16.9 Å². The van der Waals surface area contributed by atoms with Crippen molar-refractivity contribution < 1.29 is 0 Å². The Morgan fingerprint density at radius 3 is 2.58 bits per heavy atom. The third-order valence-electron chi connectivity index (χ3n) is 2.85. The van der Waals surface area contributed by atoms with Crippen LogP contribution in [0.5, 0.6) is 0 Å². The minimum absolute atomic E-state index is 0. The average molecular weight is 400 g/mol. The summed E-state index contributed by atoms with van der Waals surface area (Å²) in [6.45, 7) is 0.751. The number of hydrogen-bond acceptors (Lipinski definition) is 2. The second-order valence-electron chi connectivity index (χ2n) is 4.09. The van der Waals surface area contributed by atoms with Crippen molar-refractivity contribution in [2.45, 2.75) is 6.54 Å². The van der Waals surface area contributed by atoms with Gasteiger partial charge < -0.3 is 4.57 Å². The molecule has 0 amide bonds. The highest BCUT2D eigenvalue weighted by atomic mass is 79.9. The molecule has 2 nitrogen and oxygen atoms in total. The van der Waals surface area contributed by atoms with Gasteiger partial charge in [0.2, 0.25) is 0 Å². The summed E-state index contributed by atoms with van der Waals surface area (Å²) in [5.74, 6) is 0. The monoisotopic (exact) mass is 398 g/mol. The fourth-order valence-electron chi connectivity index (χ4n) is 1.98. The number of nitrogens with one attached hydrogen (secondary N) is 1. The summed E-state index contributed by atoms with van der Waals surface area (Å²) >= 11 is 4.98. The number of thiazole rings is 1. The number of hydrogen-bond donors (Lipinski definition) is 1. The largest absolute Gasteiger partial charge is 0.312 e. The summed E-state index contributed by atoms with van der Waals surface area (Å²) in [5.41, 5.74) is 2.34. The van der Waals surface area contributed by atoms with Crippen LogP contribution >= 0.6 is 44.2 Å². The lowest BCUT2D eigenvalue weighted by atomic mass is 10.2. The van der Waals surface area contributed by atoms with Crippen molar-refractivity contribution in [3.8, 4) is 0 Å². The van der Waals surface area contributed by atoms with Gasteiger partial charge in [0.05, 0.1) is 16.8 Å². The van der Waals surface area contributed by atoms with Gasteiger partial charge in [0.1, 0.15) is 0 Å². The van der Waals surface area contributed by atoms with E-state index in [9.17, 15) is 0 Å². The summed E-state index contributed by atoms with van der Waals surface area (Å²) in [4.78, 5) is 0.590. The summed E-state index contributed by atoms with van der Waals surface area (Å²) < 4.78 is 4.25. The molecule has 0 saturated heterocycles. The van der Waals surface area contributed by atoms with Gasteiger partial charge in [-0.25, -0.2) is 0 Å².